The van der Waals surface area contributed by atoms with Crippen LogP contribution < -0.4 is 4.74 Å². The lowest BCUT2D eigenvalue weighted by atomic mass is 10.4. The minimum absolute atomic E-state index is 0.233. The van der Waals surface area contributed by atoms with E-state index in [0.29, 0.717) is 19.0 Å². The Kier molecular flexibility index (Phi) is 3.72. The van der Waals surface area contributed by atoms with E-state index in [0.717, 1.165) is 11.3 Å². The number of carbonyl (C=O) groups is 1. The first-order valence-electron chi connectivity index (χ1n) is 3.68. The molecule has 1 aromatic heterocycles. The molecule has 0 spiro atoms. The van der Waals surface area contributed by atoms with Gasteiger partial charge in [-0.15, -0.1) is 11.3 Å². The van der Waals surface area contributed by atoms with Gasteiger partial charge in [0, 0.05) is 7.11 Å². The summed E-state index contributed by atoms with van der Waals surface area (Å²) in [4.78, 5) is 10.8. The van der Waals surface area contributed by atoms with Gasteiger partial charge in [0.25, 0.3) is 0 Å². The van der Waals surface area contributed by atoms with Crippen molar-refractivity contribution in [3.63, 3.8) is 0 Å². The molecule has 5 heteroatoms. The van der Waals surface area contributed by atoms with E-state index in [9.17, 15) is 4.79 Å². The Bertz CT molecular complexity index is 281. The van der Waals surface area contributed by atoms with Gasteiger partial charge in [0.15, 0.2) is 4.88 Å². The first kappa shape index (κ1) is 10.0. The highest BCUT2D eigenvalue weighted by Gasteiger charge is 2.12. The molecule has 1 aromatic rings. The lowest BCUT2D eigenvalue weighted by Gasteiger charge is -2.03. The maximum Gasteiger partial charge on any atom is 0.349 e. The molecule has 1 N–H and O–H groups in total. The van der Waals surface area contributed by atoms with Gasteiger partial charge >= 0.3 is 5.97 Å². The number of thiophene rings is 1. The van der Waals surface area contributed by atoms with Crippen molar-refractivity contribution >= 4 is 17.3 Å². The predicted octanol–water partition coefficient (Wildman–Crippen LogP) is 1.47. The Morgan fingerprint density at radius 2 is 2.38 bits per heavy atom. The first-order valence-corrected chi connectivity index (χ1v) is 4.56. The molecule has 0 atom stereocenters. The molecule has 0 aromatic carbocycles. The van der Waals surface area contributed by atoms with Crippen LogP contribution in [0.4, 0.5) is 0 Å². The molecule has 0 bridgehead atoms. The molecule has 0 aliphatic heterocycles. The highest BCUT2D eigenvalue weighted by molar-refractivity contribution is 7.12. The van der Waals surface area contributed by atoms with Gasteiger partial charge in [-0.2, -0.15) is 0 Å². The molecule has 0 aliphatic carbocycles. The summed E-state index contributed by atoms with van der Waals surface area (Å²) in [6, 6.07) is 1.64. The average Bonchev–Trinajstić information content (AvgIpc) is 2.53. The van der Waals surface area contributed by atoms with E-state index in [1.807, 2.05) is 0 Å². The standard InChI is InChI=1S/C8H10O4S/c1-11-3-4-12-6-2-5-13-7(6)8(9)10/h2,5H,3-4H2,1H3,(H,9,10). The second kappa shape index (κ2) is 4.84. The number of carboxylic acid groups (broad SMARTS) is 1. The fraction of sp³-hybridized carbons (Fsp3) is 0.375. The van der Waals surface area contributed by atoms with Crippen molar-refractivity contribution in [2.75, 3.05) is 20.3 Å². The number of aromatic carboxylic acids is 1. The SMILES string of the molecule is COCCOc1ccsc1C(=O)O. The zero-order valence-electron chi connectivity index (χ0n) is 7.15. The maximum atomic E-state index is 10.6. The third-order valence-corrected chi connectivity index (χ3v) is 2.25. The van der Waals surface area contributed by atoms with E-state index < -0.39 is 5.97 Å². The van der Waals surface area contributed by atoms with Crippen LogP contribution >= 0.6 is 11.3 Å². The van der Waals surface area contributed by atoms with Crippen LogP contribution in [0.15, 0.2) is 11.4 Å². The van der Waals surface area contributed by atoms with E-state index in [1.54, 1.807) is 18.6 Å². The molecule has 0 unspecified atom stereocenters. The number of ether oxygens (including phenoxy) is 2. The van der Waals surface area contributed by atoms with E-state index in [1.165, 1.54) is 0 Å². The number of methoxy groups -OCH3 is 1. The number of hydrogen-bond donors (Lipinski definition) is 1. The van der Waals surface area contributed by atoms with Crippen LogP contribution in [0.3, 0.4) is 0 Å². The zero-order valence-corrected chi connectivity index (χ0v) is 7.97. The number of carboxylic acids is 1. The Balaban J connectivity index is 2.55. The van der Waals surface area contributed by atoms with Crippen molar-refractivity contribution in [3.8, 4) is 5.75 Å². The van der Waals surface area contributed by atoms with Crippen molar-refractivity contribution in [2.45, 2.75) is 0 Å². The quantitative estimate of drug-likeness (QED) is 0.734. The smallest absolute Gasteiger partial charge is 0.349 e. The fourth-order valence-electron chi connectivity index (χ4n) is 0.802. The molecular weight excluding hydrogens is 192 g/mol. The van der Waals surface area contributed by atoms with Gasteiger partial charge in [0.05, 0.1) is 6.61 Å². The van der Waals surface area contributed by atoms with E-state index in [4.69, 9.17) is 14.6 Å². The molecule has 72 valence electrons. The Labute approximate surface area is 79.7 Å². The average molecular weight is 202 g/mol. The molecule has 1 heterocycles. The van der Waals surface area contributed by atoms with Gasteiger partial charge in [0.1, 0.15) is 12.4 Å². The van der Waals surface area contributed by atoms with Crippen molar-refractivity contribution in [2.24, 2.45) is 0 Å². The molecule has 4 nitrogen and oxygen atoms in total. The molecule has 13 heavy (non-hydrogen) atoms. The van der Waals surface area contributed by atoms with E-state index in [2.05, 4.69) is 0 Å². The minimum atomic E-state index is -0.956. The van der Waals surface area contributed by atoms with E-state index in [-0.39, 0.29) is 4.88 Å². The summed E-state index contributed by atoms with van der Waals surface area (Å²) >= 11 is 1.15. The summed E-state index contributed by atoms with van der Waals surface area (Å²) in [5.74, 6) is -0.544. The van der Waals surface area contributed by atoms with Gasteiger partial charge < -0.3 is 14.6 Å². The third kappa shape index (κ3) is 2.71. The Hall–Kier alpha value is -1.07. The van der Waals surface area contributed by atoms with Gasteiger partial charge in [-0.3, -0.25) is 0 Å². The molecule has 0 fully saturated rings. The zero-order chi connectivity index (χ0) is 9.68. The lowest BCUT2D eigenvalue weighted by molar-refractivity contribution is 0.0695. The summed E-state index contributed by atoms with van der Waals surface area (Å²) in [5.41, 5.74) is 0. The molecule has 0 amide bonds. The highest BCUT2D eigenvalue weighted by Crippen LogP contribution is 2.24. The summed E-state index contributed by atoms with van der Waals surface area (Å²) in [6.07, 6.45) is 0. The number of rotatable bonds is 5. The minimum Gasteiger partial charge on any atom is -0.489 e. The monoisotopic (exact) mass is 202 g/mol. The van der Waals surface area contributed by atoms with Crippen LogP contribution in [0.1, 0.15) is 9.67 Å². The highest BCUT2D eigenvalue weighted by atomic mass is 32.1. The Morgan fingerprint density at radius 3 is 3.00 bits per heavy atom. The second-order valence-corrected chi connectivity index (χ2v) is 3.18. The van der Waals surface area contributed by atoms with Gasteiger partial charge in [-0.05, 0) is 11.4 Å². The van der Waals surface area contributed by atoms with Gasteiger partial charge in [-0.1, -0.05) is 0 Å². The van der Waals surface area contributed by atoms with Gasteiger partial charge in [0.2, 0.25) is 0 Å². The predicted molar refractivity (Wildman–Crippen MR) is 48.6 cm³/mol. The van der Waals surface area contributed by atoms with Crippen molar-refractivity contribution in [3.05, 3.63) is 16.3 Å². The normalized spacial score (nSPS) is 9.92. The van der Waals surface area contributed by atoms with Crippen molar-refractivity contribution in [1.82, 2.24) is 0 Å². The summed E-state index contributed by atoms with van der Waals surface area (Å²) in [5, 5.41) is 10.4. The second-order valence-electron chi connectivity index (χ2n) is 2.26. The van der Waals surface area contributed by atoms with Crippen LogP contribution in [0, 0.1) is 0 Å². The molecule has 1 rings (SSSR count). The lowest BCUT2D eigenvalue weighted by Crippen LogP contribution is -2.06. The Morgan fingerprint density at radius 1 is 1.62 bits per heavy atom. The maximum absolute atomic E-state index is 10.6. The van der Waals surface area contributed by atoms with Gasteiger partial charge in [-0.25, -0.2) is 4.79 Å². The van der Waals surface area contributed by atoms with E-state index >= 15 is 0 Å². The first-order chi connectivity index (χ1) is 6.25. The topological polar surface area (TPSA) is 55.8 Å². The van der Waals surface area contributed by atoms with Crippen LogP contribution in [0.2, 0.25) is 0 Å². The van der Waals surface area contributed by atoms with Crippen molar-refractivity contribution in [1.29, 1.82) is 0 Å². The summed E-state index contributed by atoms with van der Waals surface area (Å²) in [6.45, 7) is 0.822. The fourth-order valence-corrected chi connectivity index (χ4v) is 1.47. The molecule has 0 radical (unpaired) electrons. The van der Waals surface area contributed by atoms with Crippen LogP contribution in [-0.4, -0.2) is 31.4 Å². The van der Waals surface area contributed by atoms with Crippen LogP contribution in [-0.2, 0) is 4.74 Å². The summed E-state index contributed by atoms with van der Waals surface area (Å²) < 4.78 is 9.95. The molecule has 0 aliphatic rings. The third-order valence-electron chi connectivity index (χ3n) is 1.37. The largest absolute Gasteiger partial charge is 0.489 e. The van der Waals surface area contributed by atoms with Crippen LogP contribution in [0.25, 0.3) is 0 Å². The molecule has 0 saturated carbocycles. The number of hydrogen-bond acceptors (Lipinski definition) is 4. The van der Waals surface area contributed by atoms with Crippen molar-refractivity contribution < 1.29 is 19.4 Å². The molecule has 0 saturated heterocycles. The summed E-state index contributed by atoms with van der Waals surface area (Å²) in [7, 11) is 1.56. The van der Waals surface area contributed by atoms with Crippen LogP contribution in [0.5, 0.6) is 5.75 Å². The molecular formula is C8H10O4S.